The number of aliphatic hydroxyl groups excluding tert-OH is 1. The van der Waals surface area contributed by atoms with Gasteiger partial charge >= 0.3 is 0 Å². The number of hydrogen-bond donors (Lipinski definition) is 2. The molecule has 1 atom stereocenters. The van der Waals surface area contributed by atoms with Gasteiger partial charge in [0.2, 0.25) is 0 Å². The summed E-state index contributed by atoms with van der Waals surface area (Å²) in [5.41, 5.74) is 3.91. The second-order valence-corrected chi connectivity index (χ2v) is 6.45. The summed E-state index contributed by atoms with van der Waals surface area (Å²) in [6.07, 6.45) is 0. The molecule has 0 radical (unpaired) electrons. The van der Waals surface area contributed by atoms with Crippen LogP contribution in [-0.2, 0) is 0 Å². The van der Waals surface area contributed by atoms with Gasteiger partial charge in [-0.05, 0) is 45.0 Å². The average Bonchev–Trinajstić information content (AvgIpc) is 2.51. The van der Waals surface area contributed by atoms with E-state index < -0.39 is 0 Å². The molecule has 0 spiro atoms. The van der Waals surface area contributed by atoms with E-state index in [2.05, 4.69) is 54.1 Å². The summed E-state index contributed by atoms with van der Waals surface area (Å²) < 4.78 is 0. The number of piperazine rings is 1. The van der Waals surface area contributed by atoms with Crippen LogP contribution in [0.4, 0.5) is 5.69 Å². The quantitative estimate of drug-likeness (QED) is 0.860. The van der Waals surface area contributed by atoms with Gasteiger partial charge in [-0.15, -0.1) is 0 Å². The van der Waals surface area contributed by atoms with Crippen molar-refractivity contribution >= 4 is 5.69 Å². The van der Waals surface area contributed by atoms with Gasteiger partial charge in [0.25, 0.3) is 0 Å². The third-order valence-electron chi connectivity index (χ3n) is 4.81. The zero-order chi connectivity index (χ0) is 15.5. The van der Waals surface area contributed by atoms with E-state index in [4.69, 9.17) is 0 Å². The zero-order valence-corrected chi connectivity index (χ0v) is 13.8. The fraction of sp³-hybridized carbons (Fsp3) is 0.647. The number of aliphatic hydroxyl groups is 1. The Balaban J connectivity index is 1.96. The van der Waals surface area contributed by atoms with E-state index in [1.54, 1.807) is 0 Å². The van der Waals surface area contributed by atoms with E-state index in [9.17, 15) is 5.11 Å². The van der Waals surface area contributed by atoms with Gasteiger partial charge in [-0.3, -0.25) is 4.90 Å². The number of benzene rings is 1. The molecule has 0 aromatic heterocycles. The highest BCUT2D eigenvalue weighted by Gasteiger charge is 2.27. The van der Waals surface area contributed by atoms with Crippen LogP contribution in [-0.4, -0.2) is 61.9 Å². The Hall–Kier alpha value is -1.10. The molecule has 0 bridgehead atoms. The first kappa shape index (κ1) is 16.3. The minimum absolute atomic E-state index is 0.167. The van der Waals surface area contributed by atoms with Gasteiger partial charge in [0.05, 0.1) is 12.1 Å². The van der Waals surface area contributed by atoms with Gasteiger partial charge in [0, 0.05) is 38.4 Å². The lowest BCUT2D eigenvalue weighted by Gasteiger charge is -2.40. The summed E-state index contributed by atoms with van der Waals surface area (Å²) in [5.74, 6) is 0. The number of nitrogens with zero attached hydrogens (tertiary/aromatic N) is 2. The number of anilines is 1. The van der Waals surface area contributed by atoms with Crippen LogP contribution < -0.4 is 10.2 Å². The van der Waals surface area contributed by atoms with Gasteiger partial charge in [-0.25, -0.2) is 0 Å². The smallest absolute Gasteiger partial charge is 0.0623 e. The highest BCUT2D eigenvalue weighted by molar-refractivity contribution is 5.56. The van der Waals surface area contributed by atoms with Crippen molar-refractivity contribution in [1.82, 2.24) is 10.2 Å². The molecule has 1 unspecified atom stereocenters. The minimum Gasteiger partial charge on any atom is -0.394 e. The number of hydrogen-bond acceptors (Lipinski definition) is 4. The maximum atomic E-state index is 9.51. The Kier molecular flexibility index (Phi) is 5.25. The Morgan fingerprint density at radius 2 is 1.86 bits per heavy atom. The molecule has 1 aromatic carbocycles. The fourth-order valence-corrected chi connectivity index (χ4v) is 2.93. The molecule has 0 saturated carbocycles. The van der Waals surface area contributed by atoms with Gasteiger partial charge in [0.1, 0.15) is 0 Å². The second-order valence-electron chi connectivity index (χ2n) is 6.45. The fourth-order valence-electron chi connectivity index (χ4n) is 2.93. The monoisotopic (exact) mass is 291 g/mol. The normalized spacial score (nSPS) is 19.6. The lowest BCUT2D eigenvalue weighted by atomic mass is 10.0. The van der Waals surface area contributed by atoms with E-state index in [1.807, 2.05) is 7.05 Å². The minimum atomic E-state index is -0.207. The maximum absolute atomic E-state index is 9.51. The van der Waals surface area contributed by atoms with Gasteiger partial charge in [-0.1, -0.05) is 12.1 Å². The lowest BCUT2D eigenvalue weighted by molar-refractivity contribution is 0.122. The number of nitrogens with one attached hydrogen (secondary N) is 1. The molecule has 1 fully saturated rings. The molecule has 1 saturated heterocycles. The predicted octanol–water partition coefficient (Wildman–Crippen LogP) is 1.40. The molecule has 0 amide bonds. The van der Waals surface area contributed by atoms with Crippen LogP contribution in [0, 0.1) is 13.8 Å². The summed E-state index contributed by atoms with van der Waals surface area (Å²) in [4.78, 5) is 4.92. The molecule has 21 heavy (non-hydrogen) atoms. The number of aryl methyl sites for hydroxylation is 1. The predicted molar refractivity (Wildman–Crippen MR) is 89.1 cm³/mol. The highest BCUT2D eigenvalue weighted by atomic mass is 16.3. The third-order valence-corrected chi connectivity index (χ3v) is 4.81. The number of likely N-dealkylation sites (N-methyl/N-ethyl adjacent to an activating group) is 1. The van der Waals surface area contributed by atoms with E-state index in [1.165, 1.54) is 16.8 Å². The van der Waals surface area contributed by atoms with Crippen molar-refractivity contribution in [3.8, 4) is 0 Å². The Bertz CT molecular complexity index is 463. The maximum Gasteiger partial charge on any atom is 0.0623 e. The summed E-state index contributed by atoms with van der Waals surface area (Å²) in [6, 6.07) is 6.55. The molecule has 1 aromatic rings. The molecule has 1 heterocycles. The van der Waals surface area contributed by atoms with E-state index >= 15 is 0 Å². The van der Waals surface area contributed by atoms with Gasteiger partial charge in [-0.2, -0.15) is 0 Å². The molecule has 4 nitrogen and oxygen atoms in total. The van der Waals surface area contributed by atoms with Crippen molar-refractivity contribution < 1.29 is 5.11 Å². The highest BCUT2D eigenvalue weighted by Crippen LogP contribution is 2.24. The Labute approximate surface area is 128 Å². The molecule has 0 aliphatic carbocycles. The van der Waals surface area contributed by atoms with Crippen molar-refractivity contribution in [1.29, 1.82) is 0 Å². The molecule has 118 valence electrons. The first-order chi connectivity index (χ1) is 9.99. The van der Waals surface area contributed by atoms with E-state index in [0.29, 0.717) is 0 Å². The first-order valence-electron chi connectivity index (χ1n) is 7.82. The Morgan fingerprint density at radius 1 is 1.19 bits per heavy atom. The van der Waals surface area contributed by atoms with Crippen molar-refractivity contribution in [3.05, 3.63) is 29.3 Å². The van der Waals surface area contributed by atoms with Crippen LogP contribution in [0.15, 0.2) is 18.2 Å². The van der Waals surface area contributed by atoms with Gasteiger partial charge < -0.3 is 15.3 Å². The molecule has 1 aliphatic heterocycles. The SMILES string of the molecule is CNC(C)(CO)CN1CCN(c2cccc(C)c2C)CC1. The van der Waals surface area contributed by atoms with Crippen LogP contribution in [0.5, 0.6) is 0 Å². The summed E-state index contributed by atoms with van der Waals surface area (Å²) in [7, 11) is 1.92. The Morgan fingerprint density at radius 3 is 2.43 bits per heavy atom. The summed E-state index contributed by atoms with van der Waals surface area (Å²) >= 11 is 0. The first-order valence-corrected chi connectivity index (χ1v) is 7.82. The molecule has 2 N–H and O–H groups in total. The van der Waals surface area contributed by atoms with Crippen LogP contribution in [0.25, 0.3) is 0 Å². The molecule has 2 rings (SSSR count). The van der Waals surface area contributed by atoms with Crippen molar-refractivity contribution in [2.45, 2.75) is 26.3 Å². The second kappa shape index (κ2) is 6.77. The van der Waals surface area contributed by atoms with E-state index in [-0.39, 0.29) is 12.1 Å². The van der Waals surface area contributed by atoms with Crippen LogP contribution >= 0.6 is 0 Å². The van der Waals surface area contributed by atoms with Crippen LogP contribution in [0.3, 0.4) is 0 Å². The van der Waals surface area contributed by atoms with Crippen molar-refractivity contribution in [2.24, 2.45) is 0 Å². The standard InChI is InChI=1S/C17H29N3O/c1-14-6-5-7-16(15(14)2)20-10-8-19(9-11-20)12-17(3,13-21)18-4/h5-7,18,21H,8-13H2,1-4H3. The third kappa shape index (κ3) is 3.76. The largest absolute Gasteiger partial charge is 0.394 e. The van der Waals surface area contributed by atoms with Crippen LogP contribution in [0.2, 0.25) is 0 Å². The topological polar surface area (TPSA) is 38.7 Å². The van der Waals surface area contributed by atoms with Crippen molar-refractivity contribution in [2.75, 3.05) is 51.3 Å². The van der Waals surface area contributed by atoms with Crippen molar-refractivity contribution in [3.63, 3.8) is 0 Å². The number of rotatable bonds is 5. The summed E-state index contributed by atoms with van der Waals surface area (Å²) in [5, 5.41) is 12.7. The zero-order valence-electron chi connectivity index (χ0n) is 13.8. The molecular formula is C17H29N3O. The average molecular weight is 291 g/mol. The molecule has 1 aliphatic rings. The van der Waals surface area contributed by atoms with Crippen LogP contribution in [0.1, 0.15) is 18.1 Å². The summed E-state index contributed by atoms with van der Waals surface area (Å²) in [6.45, 7) is 11.7. The molecule has 4 heteroatoms. The van der Waals surface area contributed by atoms with E-state index in [0.717, 1.165) is 32.7 Å². The lowest BCUT2D eigenvalue weighted by Crippen LogP contribution is -2.56. The van der Waals surface area contributed by atoms with Gasteiger partial charge in [0.15, 0.2) is 0 Å². The molecular weight excluding hydrogens is 262 g/mol.